The van der Waals surface area contributed by atoms with Crippen LogP contribution in [0.2, 0.25) is 0 Å². The van der Waals surface area contributed by atoms with Gasteiger partial charge in [-0.1, -0.05) is 19.9 Å². The van der Waals surface area contributed by atoms with Crippen molar-refractivity contribution in [3.63, 3.8) is 0 Å². The highest BCUT2D eigenvalue weighted by molar-refractivity contribution is 7.89. The first-order valence-corrected chi connectivity index (χ1v) is 7.19. The Morgan fingerprint density at radius 3 is 2.42 bits per heavy atom. The molecular weight excluding hydrogens is 262 g/mol. The number of nitriles is 2. The van der Waals surface area contributed by atoms with Crippen LogP contribution in [0.3, 0.4) is 0 Å². The molecular formula is C13H15N3O2S. The van der Waals surface area contributed by atoms with E-state index in [0.29, 0.717) is 0 Å². The van der Waals surface area contributed by atoms with Crippen LogP contribution in [0.25, 0.3) is 0 Å². The smallest absolute Gasteiger partial charge is 0.207 e. The molecule has 0 aliphatic heterocycles. The van der Waals surface area contributed by atoms with E-state index < -0.39 is 15.6 Å². The van der Waals surface area contributed by atoms with Crippen LogP contribution < -0.4 is 4.72 Å². The molecule has 0 aliphatic rings. The fourth-order valence-corrected chi connectivity index (χ4v) is 2.84. The zero-order chi connectivity index (χ0) is 14.7. The summed E-state index contributed by atoms with van der Waals surface area (Å²) in [5.41, 5.74) is -0.937. The molecule has 0 saturated carbocycles. The first-order chi connectivity index (χ1) is 8.75. The van der Waals surface area contributed by atoms with Crippen molar-refractivity contribution in [2.45, 2.75) is 31.2 Å². The minimum Gasteiger partial charge on any atom is -0.207 e. The van der Waals surface area contributed by atoms with E-state index in [9.17, 15) is 8.42 Å². The number of nitrogens with zero attached hydrogens (tertiary/aromatic N) is 2. The molecule has 19 heavy (non-hydrogen) atoms. The third-order valence-electron chi connectivity index (χ3n) is 3.01. The SMILES string of the molecule is CC(C)[C@](C)(C#N)NS(=O)(=O)c1cccc(C#N)c1. The van der Waals surface area contributed by atoms with Crippen LogP contribution in [0.1, 0.15) is 26.3 Å². The standard InChI is InChI=1S/C13H15N3O2S/c1-10(2)13(3,9-15)16-19(17,18)12-6-4-5-11(7-12)8-14/h4-7,10,16H,1-3H3/t13-/m0/s1. The van der Waals surface area contributed by atoms with Gasteiger partial charge in [0.2, 0.25) is 10.0 Å². The lowest BCUT2D eigenvalue weighted by atomic mass is 9.92. The second kappa shape index (κ2) is 5.40. The second-order valence-corrected chi connectivity index (χ2v) is 6.40. The molecule has 1 aromatic carbocycles. The maximum absolute atomic E-state index is 12.2. The fourth-order valence-electron chi connectivity index (χ4n) is 1.34. The van der Waals surface area contributed by atoms with Gasteiger partial charge in [-0.3, -0.25) is 0 Å². The van der Waals surface area contributed by atoms with Gasteiger partial charge in [-0.05, 0) is 31.0 Å². The van der Waals surface area contributed by atoms with Crippen molar-refractivity contribution in [2.24, 2.45) is 5.92 Å². The van der Waals surface area contributed by atoms with Crippen molar-refractivity contribution < 1.29 is 8.42 Å². The van der Waals surface area contributed by atoms with E-state index in [2.05, 4.69) is 4.72 Å². The van der Waals surface area contributed by atoms with Crippen LogP contribution in [0.4, 0.5) is 0 Å². The molecule has 1 atom stereocenters. The molecule has 0 spiro atoms. The molecule has 0 saturated heterocycles. The van der Waals surface area contributed by atoms with E-state index in [0.717, 1.165) is 0 Å². The predicted molar refractivity (Wildman–Crippen MR) is 70.3 cm³/mol. The zero-order valence-corrected chi connectivity index (χ0v) is 11.8. The highest BCUT2D eigenvalue weighted by atomic mass is 32.2. The van der Waals surface area contributed by atoms with Crippen molar-refractivity contribution in [3.05, 3.63) is 29.8 Å². The predicted octanol–water partition coefficient (Wildman–Crippen LogP) is 1.77. The Balaban J connectivity index is 3.20. The van der Waals surface area contributed by atoms with Crippen molar-refractivity contribution in [1.29, 1.82) is 10.5 Å². The summed E-state index contributed by atoms with van der Waals surface area (Å²) in [5.74, 6) is -0.188. The Bertz CT molecular complexity index is 653. The van der Waals surface area contributed by atoms with Gasteiger partial charge in [-0.2, -0.15) is 15.2 Å². The van der Waals surface area contributed by atoms with E-state index in [1.807, 2.05) is 12.1 Å². The molecule has 1 aromatic rings. The molecule has 1 rings (SSSR count). The van der Waals surface area contributed by atoms with Crippen molar-refractivity contribution in [3.8, 4) is 12.1 Å². The molecule has 0 unspecified atom stereocenters. The van der Waals surface area contributed by atoms with Crippen molar-refractivity contribution in [1.82, 2.24) is 4.72 Å². The van der Waals surface area contributed by atoms with Gasteiger partial charge in [0.1, 0.15) is 5.54 Å². The molecule has 0 heterocycles. The second-order valence-electron chi connectivity index (χ2n) is 4.71. The Morgan fingerprint density at radius 2 is 1.95 bits per heavy atom. The molecule has 0 amide bonds. The maximum atomic E-state index is 12.2. The summed E-state index contributed by atoms with van der Waals surface area (Å²) in [4.78, 5) is -0.0197. The number of rotatable bonds is 4. The van der Waals surface area contributed by atoms with E-state index in [-0.39, 0.29) is 16.4 Å². The first kappa shape index (κ1) is 15.2. The molecule has 5 nitrogen and oxygen atoms in total. The Kier molecular flexibility index (Phi) is 4.31. The van der Waals surface area contributed by atoms with Crippen LogP contribution in [-0.2, 0) is 10.0 Å². The van der Waals surface area contributed by atoms with Gasteiger partial charge in [0.15, 0.2) is 0 Å². The summed E-state index contributed by atoms with van der Waals surface area (Å²) in [7, 11) is -3.83. The average molecular weight is 277 g/mol. The molecule has 6 heteroatoms. The largest absolute Gasteiger partial charge is 0.241 e. The summed E-state index contributed by atoms with van der Waals surface area (Å²) < 4.78 is 26.8. The summed E-state index contributed by atoms with van der Waals surface area (Å²) in [6.07, 6.45) is 0. The van der Waals surface area contributed by atoms with Gasteiger partial charge < -0.3 is 0 Å². The fraction of sp³-hybridized carbons (Fsp3) is 0.385. The van der Waals surface area contributed by atoms with Gasteiger partial charge in [0.05, 0.1) is 22.6 Å². The Labute approximate surface area is 113 Å². The summed E-state index contributed by atoms with van der Waals surface area (Å²) in [6.45, 7) is 5.05. The van der Waals surface area contributed by atoms with E-state index in [1.165, 1.54) is 31.2 Å². The Morgan fingerprint density at radius 1 is 1.32 bits per heavy atom. The van der Waals surface area contributed by atoms with Gasteiger partial charge >= 0.3 is 0 Å². The number of hydrogen-bond acceptors (Lipinski definition) is 4. The highest BCUT2D eigenvalue weighted by Gasteiger charge is 2.33. The van der Waals surface area contributed by atoms with E-state index in [4.69, 9.17) is 10.5 Å². The molecule has 0 fully saturated rings. The topological polar surface area (TPSA) is 93.8 Å². The normalized spacial score (nSPS) is 14.4. The van der Waals surface area contributed by atoms with Gasteiger partial charge in [-0.15, -0.1) is 0 Å². The minimum atomic E-state index is -3.83. The molecule has 0 aromatic heterocycles. The summed E-state index contributed by atoms with van der Waals surface area (Å²) in [5, 5.41) is 17.9. The summed E-state index contributed by atoms with van der Waals surface area (Å²) in [6, 6.07) is 9.54. The van der Waals surface area contributed by atoms with Crippen molar-refractivity contribution in [2.75, 3.05) is 0 Å². The molecule has 100 valence electrons. The van der Waals surface area contributed by atoms with Gasteiger partial charge in [0, 0.05) is 0 Å². The van der Waals surface area contributed by atoms with Crippen LogP contribution in [0.5, 0.6) is 0 Å². The lowest BCUT2D eigenvalue weighted by molar-refractivity contribution is 0.389. The maximum Gasteiger partial charge on any atom is 0.241 e. The molecule has 0 radical (unpaired) electrons. The molecule has 0 aliphatic carbocycles. The number of sulfonamides is 1. The van der Waals surface area contributed by atoms with Crippen LogP contribution in [0.15, 0.2) is 29.2 Å². The van der Waals surface area contributed by atoms with Crippen LogP contribution in [0, 0.1) is 28.6 Å². The van der Waals surface area contributed by atoms with Crippen LogP contribution in [-0.4, -0.2) is 14.0 Å². The lowest BCUT2D eigenvalue weighted by Crippen LogP contribution is -2.48. The quantitative estimate of drug-likeness (QED) is 0.907. The first-order valence-electron chi connectivity index (χ1n) is 5.70. The average Bonchev–Trinajstić information content (AvgIpc) is 2.38. The van der Waals surface area contributed by atoms with Gasteiger partial charge in [0.25, 0.3) is 0 Å². The molecule has 0 bridgehead atoms. The van der Waals surface area contributed by atoms with E-state index in [1.54, 1.807) is 13.8 Å². The van der Waals surface area contributed by atoms with Crippen LogP contribution >= 0.6 is 0 Å². The highest BCUT2D eigenvalue weighted by Crippen LogP contribution is 2.20. The number of hydrogen-bond donors (Lipinski definition) is 1. The van der Waals surface area contributed by atoms with Gasteiger partial charge in [-0.25, -0.2) is 8.42 Å². The summed E-state index contributed by atoms with van der Waals surface area (Å²) >= 11 is 0. The zero-order valence-electron chi connectivity index (χ0n) is 11.0. The monoisotopic (exact) mass is 277 g/mol. The third kappa shape index (κ3) is 3.31. The van der Waals surface area contributed by atoms with Crippen molar-refractivity contribution >= 4 is 10.0 Å². The number of nitrogens with one attached hydrogen (secondary N) is 1. The molecule has 1 N–H and O–H groups in total. The van der Waals surface area contributed by atoms with E-state index >= 15 is 0 Å². The number of benzene rings is 1. The lowest BCUT2D eigenvalue weighted by Gasteiger charge is -2.26. The minimum absolute atomic E-state index is 0.0197. The Hall–Kier alpha value is -1.89. The third-order valence-corrected chi connectivity index (χ3v) is 4.57.